The number of ether oxygens (including phenoxy) is 2. The van der Waals surface area contributed by atoms with Crippen molar-refractivity contribution in [2.45, 2.75) is 6.54 Å². The maximum atomic E-state index is 5.36. The zero-order chi connectivity index (χ0) is 13.6. The predicted octanol–water partition coefficient (Wildman–Crippen LogP) is 3.22. The normalized spacial score (nSPS) is 13.0. The Balaban J connectivity index is 1.47. The van der Waals surface area contributed by atoms with Crippen LogP contribution in [0.5, 0.6) is 11.5 Å². The largest absolute Gasteiger partial charge is 0.454 e. The van der Waals surface area contributed by atoms with Gasteiger partial charge in [0.15, 0.2) is 11.5 Å². The van der Waals surface area contributed by atoms with E-state index < -0.39 is 0 Å². The summed E-state index contributed by atoms with van der Waals surface area (Å²) in [6.45, 7) is 1.98. The van der Waals surface area contributed by atoms with Crippen molar-refractivity contribution in [3.8, 4) is 11.5 Å². The van der Waals surface area contributed by atoms with Crippen LogP contribution in [0.15, 0.2) is 54.6 Å². The summed E-state index contributed by atoms with van der Waals surface area (Å²) in [4.78, 5) is 0. The van der Waals surface area contributed by atoms with Crippen LogP contribution < -0.4 is 14.8 Å². The average Bonchev–Trinajstić information content (AvgIpc) is 2.95. The minimum atomic E-state index is 0.325. The third-order valence-electron chi connectivity index (χ3n) is 3.14. The standard InChI is InChI=1S/C17H17NO2/c1-2-5-14(6-3-1)7-4-10-18-12-15-8-9-16-17(11-15)20-13-19-16/h1-9,11,18H,10,12-13H2. The van der Waals surface area contributed by atoms with Crippen molar-refractivity contribution in [2.24, 2.45) is 0 Å². The summed E-state index contributed by atoms with van der Waals surface area (Å²) in [7, 11) is 0. The fraction of sp³-hybridized carbons (Fsp3) is 0.176. The molecule has 1 aliphatic rings. The molecule has 1 N–H and O–H groups in total. The van der Waals surface area contributed by atoms with Gasteiger partial charge in [-0.15, -0.1) is 0 Å². The first-order valence-corrected chi connectivity index (χ1v) is 6.73. The third-order valence-corrected chi connectivity index (χ3v) is 3.14. The molecule has 20 heavy (non-hydrogen) atoms. The Morgan fingerprint density at radius 2 is 1.85 bits per heavy atom. The monoisotopic (exact) mass is 267 g/mol. The number of rotatable bonds is 5. The molecule has 3 rings (SSSR count). The molecule has 0 unspecified atom stereocenters. The molecule has 102 valence electrons. The summed E-state index contributed by atoms with van der Waals surface area (Å²) < 4.78 is 10.7. The van der Waals surface area contributed by atoms with Gasteiger partial charge in [0.05, 0.1) is 0 Å². The average molecular weight is 267 g/mol. The molecule has 2 aromatic carbocycles. The van der Waals surface area contributed by atoms with Gasteiger partial charge in [-0.2, -0.15) is 0 Å². The first-order chi connectivity index (χ1) is 9.92. The highest BCUT2D eigenvalue weighted by Gasteiger charge is 2.12. The van der Waals surface area contributed by atoms with E-state index in [2.05, 4.69) is 35.7 Å². The highest BCUT2D eigenvalue weighted by Crippen LogP contribution is 2.32. The zero-order valence-electron chi connectivity index (χ0n) is 11.2. The van der Waals surface area contributed by atoms with Crippen molar-refractivity contribution in [3.63, 3.8) is 0 Å². The van der Waals surface area contributed by atoms with E-state index >= 15 is 0 Å². The van der Waals surface area contributed by atoms with E-state index in [0.717, 1.165) is 24.6 Å². The van der Waals surface area contributed by atoms with E-state index in [-0.39, 0.29) is 0 Å². The Hall–Kier alpha value is -2.26. The topological polar surface area (TPSA) is 30.5 Å². The molecular formula is C17H17NO2. The lowest BCUT2D eigenvalue weighted by Gasteiger charge is -2.03. The van der Waals surface area contributed by atoms with Gasteiger partial charge in [0, 0.05) is 13.1 Å². The van der Waals surface area contributed by atoms with Crippen molar-refractivity contribution in [2.75, 3.05) is 13.3 Å². The predicted molar refractivity (Wildman–Crippen MR) is 79.7 cm³/mol. The summed E-state index contributed by atoms with van der Waals surface area (Å²) in [6.07, 6.45) is 4.24. The summed E-state index contributed by atoms with van der Waals surface area (Å²) in [6, 6.07) is 16.3. The molecular weight excluding hydrogens is 250 g/mol. The lowest BCUT2D eigenvalue weighted by molar-refractivity contribution is 0.174. The fourth-order valence-electron chi connectivity index (χ4n) is 2.11. The number of hydrogen-bond donors (Lipinski definition) is 1. The van der Waals surface area contributed by atoms with Crippen molar-refractivity contribution in [1.29, 1.82) is 0 Å². The molecule has 0 saturated carbocycles. The molecule has 3 heteroatoms. The summed E-state index contributed by atoms with van der Waals surface area (Å²) in [5.41, 5.74) is 2.42. The van der Waals surface area contributed by atoms with Crippen LogP contribution in [0.2, 0.25) is 0 Å². The second-order valence-electron chi connectivity index (χ2n) is 4.63. The van der Waals surface area contributed by atoms with Crippen LogP contribution in [0.1, 0.15) is 11.1 Å². The quantitative estimate of drug-likeness (QED) is 0.844. The first-order valence-electron chi connectivity index (χ1n) is 6.73. The Labute approximate surface area is 118 Å². The minimum absolute atomic E-state index is 0.325. The SMILES string of the molecule is C(=Cc1ccccc1)CNCc1ccc2c(c1)OCO2. The summed E-state index contributed by atoms with van der Waals surface area (Å²) in [5, 5.41) is 3.38. The third kappa shape index (κ3) is 3.19. The molecule has 0 aliphatic carbocycles. The molecule has 0 bridgehead atoms. The molecule has 0 atom stereocenters. The molecule has 0 aromatic heterocycles. The molecule has 2 aromatic rings. The second-order valence-corrected chi connectivity index (χ2v) is 4.63. The zero-order valence-corrected chi connectivity index (χ0v) is 11.2. The maximum absolute atomic E-state index is 5.36. The Kier molecular flexibility index (Phi) is 3.99. The second kappa shape index (κ2) is 6.26. The van der Waals surface area contributed by atoms with Crippen LogP contribution in [0.25, 0.3) is 6.08 Å². The number of benzene rings is 2. The molecule has 1 aliphatic heterocycles. The van der Waals surface area contributed by atoms with Gasteiger partial charge in [0.1, 0.15) is 0 Å². The Morgan fingerprint density at radius 1 is 1.00 bits per heavy atom. The molecule has 0 radical (unpaired) electrons. The molecule has 0 amide bonds. The number of hydrogen-bond acceptors (Lipinski definition) is 3. The molecule has 3 nitrogen and oxygen atoms in total. The fourth-order valence-corrected chi connectivity index (χ4v) is 2.11. The van der Waals surface area contributed by atoms with Gasteiger partial charge in [-0.1, -0.05) is 48.6 Å². The van der Waals surface area contributed by atoms with E-state index in [4.69, 9.17) is 9.47 Å². The van der Waals surface area contributed by atoms with E-state index in [0.29, 0.717) is 6.79 Å². The van der Waals surface area contributed by atoms with Gasteiger partial charge in [-0.3, -0.25) is 0 Å². The molecule has 1 heterocycles. The van der Waals surface area contributed by atoms with Gasteiger partial charge in [-0.25, -0.2) is 0 Å². The van der Waals surface area contributed by atoms with Gasteiger partial charge >= 0.3 is 0 Å². The van der Waals surface area contributed by atoms with Crippen molar-refractivity contribution < 1.29 is 9.47 Å². The van der Waals surface area contributed by atoms with Crippen LogP contribution in [0, 0.1) is 0 Å². The van der Waals surface area contributed by atoms with Crippen molar-refractivity contribution in [3.05, 3.63) is 65.7 Å². The van der Waals surface area contributed by atoms with Crippen LogP contribution in [-0.4, -0.2) is 13.3 Å². The minimum Gasteiger partial charge on any atom is -0.454 e. The smallest absolute Gasteiger partial charge is 0.231 e. The van der Waals surface area contributed by atoms with Gasteiger partial charge < -0.3 is 14.8 Å². The van der Waals surface area contributed by atoms with E-state index in [9.17, 15) is 0 Å². The lowest BCUT2D eigenvalue weighted by atomic mass is 10.2. The van der Waals surface area contributed by atoms with Crippen LogP contribution >= 0.6 is 0 Å². The highest BCUT2D eigenvalue weighted by molar-refractivity contribution is 5.48. The molecule has 0 saturated heterocycles. The van der Waals surface area contributed by atoms with Crippen molar-refractivity contribution >= 4 is 6.08 Å². The van der Waals surface area contributed by atoms with E-state index in [1.807, 2.05) is 30.3 Å². The number of fused-ring (bicyclic) bond motifs is 1. The van der Waals surface area contributed by atoms with Crippen LogP contribution in [0.3, 0.4) is 0 Å². The van der Waals surface area contributed by atoms with Crippen LogP contribution in [-0.2, 0) is 6.54 Å². The Bertz CT molecular complexity index is 593. The molecule has 0 fully saturated rings. The van der Waals surface area contributed by atoms with Crippen LogP contribution in [0.4, 0.5) is 0 Å². The summed E-state index contributed by atoms with van der Waals surface area (Å²) >= 11 is 0. The summed E-state index contributed by atoms with van der Waals surface area (Å²) in [5.74, 6) is 1.67. The van der Waals surface area contributed by atoms with E-state index in [1.54, 1.807) is 0 Å². The van der Waals surface area contributed by atoms with Gasteiger partial charge in [0.2, 0.25) is 6.79 Å². The number of nitrogens with one attached hydrogen (secondary N) is 1. The van der Waals surface area contributed by atoms with Crippen molar-refractivity contribution in [1.82, 2.24) is 5.32 Å². The van der Waals surface area contributed by atoms with Gasteiger partial charge in [-0.05, 0) is 23.3 Å². The highest BCUT2D eigenvalue weighted by atomic mass is 16.7. The molecule has 0 spiro atoms. The first kappa shape index (κ1) is 12.8. The van der Waals surface area contributed by atoms with Gasteiger partial charge in [0.25, 0.3) is 0 Å². The van der Waals surface area contributed by atoms with E-state index in [1.165, 1.54) is 11.1 Å². The Morgan fingerprint density at radius 3 is 2.75 bits per heavy atom. The maximum Gasteiger partial charge on any atom is 0.231 e. The lowest BCUT2D eigenvalue weighted by Crippen LogP contribution is -2.12.